The first kappa shape index (κ1) is 25.5. The molecule has 7 rings (SSSR count). The van der Waals surface area contributed by atoms with Gasteiger partial charge in [-0.3, -0.25) is 4.68 Å². The number of aliphatic hydroxyl groups excluding tert-OH is 1. The summed E-state index contributed by atoms with van der Waals surface area (Å²) in [5.41, 5.74) is 8.12. The lowest BCUT2D eigenvalue weighted by atomic mass is 9.95. The summed E-state index contributed by atoms with van der Waals surface area (Å²) in [7, 11) is 1.87. The molecule has 0 aliphatic heterocycles. The van der Waals surface area contributed by atoms with E-state index in [0.29, 0.717) is 12.2 Å². The van der Waals surface area contributed by atoms with Crippen molar-refractivity contribution in [2.75, 3.05) is 0 Å². The summed E-state index contributed by atoms with van der Waals surface area (Å²) in [5.74, 6) is 0.491. The van der Waals surface area contributed by atoms with Crippen LogP contribution in [0, 0.1) is 6.92 Å². The van der Waals surface area contributed by atoms with Gasteiger partial charge in [-0.1, -0.05) is 56.3 Å². The minimum Gasteiger partial charge on any atom is -0.386 e. The Bertz CT molecular complexity index is 1910. The van der Waals surface area contributed by atoms with Crippen molar-refractivity contribution in [2.45, 2.75) is 58.1 Å². The van der Waals surface area contributed by atoms with Crippen molar-refractivity contribution in [3.8, 4) is 16.9 Å². The number of aliphatic hydroxyl groups is 1. The molecule has 1 saturated carbocycles. The maximum atomic E-state index is 11.3. The van der Waals surface area contributed by atoms with Crippen LogP contribution >= 0.6 is 0 Å². The van der Waals surface area contributed by atoms with Crippen molar-refractivity contribution in [2.24, 2.45) is 7.05 Å². The van der Waals surface area contributed by atoms with Crippen LogP contribution in [0.4, 0.5) is 0 Å². The average molecular weight is 549 g/mol. The standard InChI is InChI=1S/C32H34N7O2/c1-19(2)29-20(3)38(27-15-23-16-36(4)35-32(23)39(41)31(27)22-13-14-22)34-30(29)24-11-8-12-26-25(24)17-37(33-26)18-28(40)21-9-6-5-7-10-21/h5-12,15-17,19,22,28,40-41H,13-14,18H2,1-4H3/q+1/t28-/m0/s1. The summed E-state index contributed by atoms with van der Waals surface area (Å²) in [5, 5.41) is 38.5. The number of fused-ring (bicyclic) bond motifs is 2. The van der Waals surface area contributed by atoms with Gasteiger partial charge in [0.05, 0.1) is 47.6 Å². The Labute approximate surface area is 237 Å². The van der Waals surface area contributed by atoms with Gasteiger partial charge in [0.15, 0.2) is 5.69 Å². The van der Waals surface area contributed by atoms with E-state index in [1.165, 1.54) is 4.73 Å². The molecule has 1 fully saturated rings. The summed E-state index contributed by atoms with van der Waals surface area (Å²) in [6.45, 7) is 6.85. The summed E-state index contributed by atoms with van der Waals surface area (Å²) in [6.07, 6.45) is 5.33. The fraction of sp³-hybridized carbons (Fsp3) is 0.312. The van der Waals surface area contributed by atoms with Crippen molar-refractivity contribution in [3.63, 3.8) is 0 Å². The van der Waals surface area contributed by atoms with E-state index in [1.807, 2.05) is 71.3 Å². The quantitative estimate of drug-likeness (QED) is 0.207. The molecule has 2 N–H and O–H groups in total. The van der Waals surface area contributed by atoms with E-state index >= 15 is 0 Å². The molecule has 9 nitrogen and oxygen atoms in total. The van der Waals surface area contributed by atoms with Crippen LogP contribution in [-0.4, -0.2) is 39.7 Å². The zero-order valence-electron chi connectivity index (χ0n) is 23.7. The molecule has 208 valence electrons. The van der Waals surface area contributed by atoms with E-state index in [-0.39, 0.29) is 11.8 Å². The van der Waals surface area contributed by atoms with Crippen molar-refractivity contribution in [3.05, 3.63) is 89.5 Å². The molecule has 0 unspecified atom stereocenters. The second-order valence-electron chi connectivity index (χ2n) is 11.5. The van der Waals surface area contributed by atoms with Crippen LogP contribution in [0.1, 0.15) is 67.1 Å². The van der Waals surface area contributed by atoms with E-state index < -0.39 is 6.10 Å². The number of rotatable bonds is 7. The number of hydrogen-bond acceptors (Lipinski definition) is 5. The molecule has 0 amide bonds. The van der Waals surface area contributed by atoms with Crippen molar-refractivity contribution >= 4 is 21.9 Å². The van der Waals surface area contributed by atoms with Crippen molar-refractivity contribution in [1.82, 2.24) is 29.3 Å². The maximum Gasteiger partial charge on any atom is 0.395 e. The number of benzene rings is 2. The summed E-state index contributed by atoms with van der Waals surface area (Å²) >= 11 is 0. The fourth-order valence-corrected chi connectivity index (χ4v) is 6.10. The SMILES string of the molecule is Cc1c(C(C)C)c(-c2cccc3nn(C[C@H](O)c4ccccc4)cc23)nn1-c1cc2cn(C)nc2[n+](O)c1C1CC1. The Morgan fingerprint density at radius 3 is 2.51 bits per heavy atom. The second kappa shape index (κ2) is 9.55. The molecule has 1 aliphatic rings. The fourth-order valence-electron chi connectivity index (χ4n) is 6.10. The molecular weight excluding hydrogens is 514 g/mol. The molecule has 0 saturated heterocycles. The molecule has 9 heteroatoms. The third-order valence-electron chi connectivity index (χ3n) is 8.15. The predicted octanol–water partition coefficient (Wildman–Crippen LogP) is 5.34. The number of aryl methyl sites for hydroxylation is 1. The van der Waals surface area contributed by atoms with Gasteiger partial charge in [0, 0.05) is 34.3 Å². The highest BCUT2D eigenvalue weighted by Crippen LogP contribution is 2.43. The summed E-state index contributed by atoms with van der Waals surface area (Å²) in [4.78, 5) is 0. The molecule has 1 atom stereocenters. The lowest BCUT2D eigenvalue weighted by Gasteiger charge is -2.11. The van der Waals surface area contributed by atoms with E-state index in [9.17, 15) is 10.3 Å². The van der Waals surface area contributed by atoms with Crippen LogP contribution in [-0.2, 0) is 13.6 Å². The van der Waals surface area contributed by atoms with Crippen LogP contribution < -0.4 is 4.73 Å². The Hall–Kier alpha value is -4.50. The highest BCUT2D eigenvalue weighted by atomic mass is 16.5. The highest BCUT2D eigenvalue weighted by Gasteiger charge is 2.37. The van der Waals surface area contributed by atoms with Crippen LogP contribution in [0.2, 0.25) is 0 Å². The first-order valence-electron chi connectivity index (χ1n) is 14.2. The predicted molar refractivity (Wildman–Crippen MR) is 156 cm³/mol. The molecular formula is C32H34N7O2+. The summed E-state index contributed by atoms with van der Waals surface area (Å²) in [6, 6.07) is 17.9. The molecule has 2 aromatic carbocycles. The molecule has 1 aliphatic carbocycles. The topological polar surface area (TPSA) is 97.8 Å². The van der Waals surface area contributed by atoms with E-state index in [4.69, 9.17) is 10.2 Å². The number of pyridine rings is 1. The molecule has 0 radical (unpaired) electrons. The van der Waals surface area contributed by atoms with Crippen molar-refractivity contribution < 1.29 is 15.0 Å². The second-order valence-corrected chi connectivity index (χ2v) is 11.5. The van der Waals surface area contributed by atoms with Gasteiger partial charge in [0.2, 0.25) is 0 Å². The lowest BCUT2D eigenvalue weighted by molar-refractivity contribution is -0.890. The molecule has 41 heavy (non-hydrogen) atoms. The normalized spacial score (nSPS) is 14.5. The monoisotopic (exact) mass is 548 g/mol. The largest absolute Gasteiger partial charge is 0.395 e. The lowest BCUT2D eigenvalue weighted by Crippen LogP contribution is -2.38. The van der Waals surface area contributed by atoms with E-state index in [1.54, 1.807) is 4.68 Å². The van der Waals surface area contributed by atoms with Crippen LogP contribution in [0.25, 0.3) is 38.9 Å². The Kier molecular flexibility index (Phi) is 5.93. The van der Waals surface area contributed by atoms with Crippen LogP contribution in [0.3, 0.4) is 0 Å². The van der Waals surface area contributed by atoms with Gasteiger partial charge >= 0.3 is 5.65 Å². The molecule has 6 aromatic rings. The Morgan fingerprint density at radius 1 is 1.00 bits per heavy atom. The van der Waals surface area contributed by atoms with E-state index in [0.717, 1.165) is 68.6 Å². The molecule has 4 aromatic heterocycles. The number of aromatic nitrogens is 7. The zero-order valence-corrected chi connectivity index (χ0v) is 23.7. The maximum absolute atomic E-state index is 11.3. The average Bonchev–Trinajstić information content (AvgIpc) is 3.43. The van der Waals surface area contributed by atoms with Crippen LogP contribution in [0.5, 0.6) is 0 Å². The van der Waals surface area contributed by atoms with Gasteiger partial charge in [-0.25, -0.2) is 4.68 Å². The Morgan fingerprint density at radius 2 is 1.78 bits per heavy atom. The van der Waals surface area contributed by atoms with Gasteiger partial charge in [0.1, 0.15) is 5.69 Å². The first-order valence-corrected chi connectivity index (χ1v) is 14.2. The Balaban J connectivity index is 1.37. The summed E-state index contributed by atoms with van der Waals surface area (Å²) < 4.78 is 6.81. The smallest absolute Gasteiger partial charge is 0.386 e. The van der Waals surface area contributed by atoms with E-state index in [2.05, 4.69) is 38.0 Å². The van der Waals surface area contributed by atoms with Gasteiger partial charge in [-0.2, -0.15) is 14.9 Å². The van der Waals surface area contributed by atoms with Crippen molar-refractivity contribution in [1.29, 1.82) is 0 Å². The number of hydrogen-bond donors (Lipinski definition) is 2. The van der Waals surface area contributed by atoms with Gasteiger partial charge in [-0.05, 0) is 48.1 Å². The third-order valence-corrected chi connectivity index (χ3v) is 8.15. The minimum absolute atomic E-state index is 0.219. The van der Waals surface area contributed by atoms with Gasteiger partial charge in [-0.15, -0.1) is 0 Å². The van der Waals surface area contributed by atoms with Gasteiger partial charge in [0.25, 0.3) is 0 Å². The van der Waals surface area contributed by atoms with Gasteiger partial charge < -0.3 is 10.3 Å². The highest BCUT2D eigenvalue weighted by molar-refractivity contribution is 5.94. The zero-order chi connectivity index (χ0) is 28.4. The third kappa shape index (κ3) is 4.28. The van der Waals surface area contributed by atoms with Crippen LogP contribution in [0.15, 0.2) is 67.0 Å². The first-order chi connectivity index (χ1) is 19.8. The molecule has 4 heterocycles. The minimum atomic E-state index is -0.657. The molecule has 0 spiro atoms. The molecule has 0 bridgehead atoms. The number of nitrogens with zero attached hydrogens (tertiary/aromatic N) is 7.